The molecule has 1 atom stereocenters. The second-order valence-electron chi connectivity index (χ2n) is 4.19. The minimum Gasteiger partial charge on any atom is -0.393 e. The van der Waals surface area contributed by atoms with Crippen LogP contribution in [0.4, 0.5) is 0 Å². The lowest BCUT2D eigenvalue weighted by molar-refractivity contribution is 0.00323. The standard InChI is InChI=1S/C11H17NO3S/c1-7-4-9(16-8(7)2)10(14)12-5-11(3,15)6-13/h4,13,15H,5-6H2,1-3H3,(H,12,14). The van der Waals surface area contributed by atoms with Gasteiger partial charge in [0.1, 0.15) is 5.60 Å². The maximum absolute atomic E-state index is 11.7. The first-order valence-electron chi connectivity index (χ1n) is 5.04. The molecule has 1 aromatic rings. The van der Waals surface area contributed by atoms with Gasteiger partial charge in [-0.2, -0.15) is 0 Å². The third-order valence-electron chi connectivity index (χ3n) is 2.36. The summed E-state index contributed by atoms with van der Waals surface area (Å²) in [7, 11) is 0. The van der Waals surface area contributed by atoms with E-state index >= 15 is 0 Å². The van der Waals surface area contributed by atoms with E-state index in [0.29, 0.717) is 4.88 Å². The van der Waals surface area contributed by atoms with Crippen molar-refractivity contribution in [2.75, 3.05) is 13.2 Å². The zero-order chi connectivity index (χ0) is 12.3. The summed E-state index contributed by atoms with van der Waals surface area (Å²) >= 11 is 1.42. The lowest BCUT2D eigenvalue weighted by Crippen LogP contribution is -2.43. The highest BCUT2D eigenvalue weighted by atomic mass is 32.1. The van der Waals surface area contributed by atoms with Gasteiger partial charge in [-0.15, -0.1) is 11.3 Å². The van der Waals surface area contributed by atoms with Crippen LogP contribution >= 0.6 is 11.3 Å². The summed E-state index contributed by atoms with van der Waals surface area (Å²) in [6.45, 7) is 5.04. The van der Waals surface area contributed by atoms with Crippen molar-refractivity contribution < 1.29 is 15.0 Å². The summed E-state index contributed by atoms with van der Waals surface area (Å²) in [5.74, 6) is -0.213. The van der Waals surface area contributed by atoms with Crippen LogP contribution in [0.1, 0.15) is 27.0 Å². The first kappa shape index (κ1) is 13.2. The normalized spacial score (nSPS) is 14.6. The van der Waals surface area contributed by atoms with E-state index in [1.165, 1.54) is 18.3 Å². The van der Waals surface area contributed by atoms with E-state index in [4.69, 9.17) is 5.11 Å². The number of thiophene rings is 1. The number of nitrogens with one attached hydrogen (secondary N) is 1. The van der Waals surface area contributed by atoms with E-state index in [9.17, 15) is 9.90 Å². The average Bonchev–Trinajstić information content (AvgIpc) is 2.56. The van der Waals surface area contributed by atoms with Gasteiger partial charge < -0.3 is 15.5 Å². The molecule has 1 unspecified atom stereocenters. The fourth-order valence-corrected chi connectivity index (χ4v) is 2.05. The molecular weight excluding hydrogens is 226 g/mol. The highest BCUT2D eigenvalue weighted by molar-refractivity contribution is 7.14. The van der Waals surface area contributed by atoms with Crippen molar-refractivity contribution in [1.29, 1.82) is 0 Å². The predicted molar refractivity (Wildman–Crippen MR) is 63.8 cm³/mol. The molecule has 0 aliphatic rings. The molecule has 0 aromatic carbocycles. The number of aliphatic hydroxyl groups is 2. The molecule has 0 saturated heterocycles. The van der Waals surface area contributed by atoms with Gasteiger partial charge in [-0.25, -0.2) is 0 Å². The van der Waals surface area contributed by atoms with Gasteiger partial charge in [0.25, 0.3) is 5.91 Å². The molecule has 0 aliphatic carbocycles. The molecule has 1 amide bonds. The molecule has 0 radical (unpaired) electrons. The second-order valence-corrected chi connectivity index (χ2v) is 5.44. The Morgan fingerprint density at radius 1 is 1.56 bits per heavy atom. The molecule has 4 nitrogen and oxygen atoms in total. The zero-order valence-electron chi connectivity index (χ0n) is 9.70. The van der Waals surface area contributed by atoms with Crippen LogP contribution in [0.2, 0.25) is 0 Å². The van der Waals surface area contributed by atoms with E-state index in [2.05, 4.69) is 5.32 Å². The number of amides is 1. The maximum Gasteiger partial charge on any atom is 0.261 e. The van der Waals surface area contributed by atoms with Gasteiger partial charge in [-0.05, 0) is 32.4 Å². The smallest absolute Gasteiger partial charge is 0.261 e. The minimum absolute atomic E-state index is 0.0400. The van der Waals surface area contributed by atoms with E-state index in [1.54, 1.807) is 0 Å². The Morgan fingerprint density at radius 3 is 2.62 bits per heavy atom. The summed E-state index contributed by atoms with van der Waals surface area (Å²) in [5, 5.41) is 20.9. The number of aryl methyl sites for hydroxylation is 2. The summed E-state index contributed by atoms with van der Waals surface area (Å²) < 4.78 is 0. The van der Waals surface area contributed by atoms with E-state index < -0.39 is 5.60 Å². The molecule has 0 fully saturated rings. The number of carbonyl (C=O) groups excluding carboxylic acids is 1. The Bertz CT molecular complexity index is 365. The van der Waals surface area contributed by atoms with Crippen LogP contribution in [0, 0.1) is 13.8 Å². The van der Waals surface area contributed by atoms with Gasteiger partial charge in [0.15, 0.2) is 0 Å². The Labute approximate surface area is 98.9 Å². The number of hydrogen-bond donors (Lipinski definition) is 3. The summed E-state index contributed by atoms with van der Waals surface area (Å²) in [6.07, 6.45) is 0. The van der Waals surface area contributed by atoms with E-state index in [1.807, 2.05) is 19.9 Å². The van der Waals surface area contributed by atoms with Crippen LogP contribution in [0.5, 0.6) is 0 Å². The Morgan fingerprint density at radius 2 is 2.19 bits per heavy atom. The van der Waals surface area contributed by atoms with Gasteiger partial charge in [0, 0.05) is 11.4 Å². The molecule has 0 spiro atoms. The van der Waals surface area contributed by atoms with Crippen molar-refractivity contribution >= 4 is 17.2 Å². The van der Waals surface area contributed by atoms with Crippen LogP contribution < -0.4 is 5.32 Å². The molecule has 90 valence electrons. The van der Waals surface area contributed by atoms with Crippen molar-refractivity contribution in [3.63, 3.8) is 0 Å². The van der Waals surface area contributed by atoms with Gasteiger partial charge in [-0.3, -0.25) is 4.79 Å². The van der Waals surface area contributed by atoms with Crippen LogP contribution in [0.25, 0.3) is 0 Å². The Hall–Kier alpha value is -0.910. The molecule has 1 rings (SSSR count). The van der Waals surface area contributed by atoms with Crippen molar-refractivity contribution in [2.24, 2.45) is 0 Å². The maximum atomic E-state index is 11.7. The largest absolute Gasteiger partial charge is 0.393 e. The predicted octanol–water partition coefficient (Wildman–Crippen LogP) is 0.838. The monoisotopic (exact) mass is 243 g/mol. The van der Waals surface area contributed by atoms with Gasteiger partial charge in [-0.1, -0.05) is 0 Å². The summed E-state index contributed by atoms with van der Waals surface area (Å²) in [5.41, 5.74) is -0.180. The van der Waals surface area contributed by atoms with Gasteiger partial charge in [0.2, 0.25) is 0 Å². The first-order chi connectivity index (χ1) is 7.35. The fraction of sp³-hybridized carbons (Fsp3) is 0.545. The third kappa shape index (κ3) is 3.30. The third-order valence-corrected chi connectivity index (χ3v) is 3.51. The molecule has 0 bridgehead atoms. The molecule has 1 aromatic heterocycles. The van der Waals surface area contributed by atoms with E-state index in [-0.39, 0.29) is 19.1 Å². The lowest BCUT2D eigenvalue weighted by atomic mass is 10.1. The Balaban J connectivity index is 2.60. The van der Waals surface area contributed by atoms with Crippen molar-refractivity contribution in [3.8, 4) is 0 Å². The van der Waals surface area contributed by atoms with Crippen molar-refractivity contribution in [1.82, 2.24) is 5.32 Å². The number of rotatable bonds is 4. The highest BCUT2D eigenvalue weighted by Gasteiger charge is 2.20. The van der Waals surface area contributed by atoms with E-state index in [0.717, 1.165) is 10.4 Å². The topological polar surface area (TPSA) is 69.6 Å². The van der Waals surface area contributed by atoms with Gasteiger partial charge in [0.05, 0.1) is 11.5 Å². The molecule has 0 aliphatic heterocycles. The van der Waals surface area contributed by atoms with Gasteiger partial charge >= 0.3 is 0 Å². The fourth-order valence-electron chi connectivity index (χ4n) is 1.10. The first-order valence-corrected chi connectivity index (χ1v) is 5.86. The number of carbonyl (C=O) groups is 1. The molecule has 3 N–H and O–H groups in total. The summed E-state index contributed by atoms with van der Waals surface area (Å²) in [4.78, 5) is 13.4. The summed E-state index contributed by atoms with van der Waals surface area (Å²) in [6, 6.07) is 1.82. The van der Waals surface area contributed by atoms with Crippen LogP contribution in [-0.2, 0) is 0 Å². The quantitative estimate of drug-likeness (QED) is 0.734. The van der Waals surface area contributed by atoms with Crippen molar-refractivity contribution in [2.45, 2.75) is 26.4 Å². The SMILES string of the molecule is Cc1cc(C(=O)NCC(C)(O)CO)sc1C. The minimum atomic E-state index is -1.27. The van der Waals surface area contributed by atoms with Crippen LogP contribution in [0.15, 0.2) is 6.07 Å². The van der Waals surface area contributed by atoms with Crippen molar-refractivity contribution in [3.05, 3.63) is 21.4 Å². The van der Waals surface area contributed by atoms with Crippen LogP contribution in [-0.4, -0.2) is 34.9 Å². The molecule has 5 heteroatoms. The molecular formula is C11H17NO3S. The lowest BCUT2D eigenvalue weighted by Gasteiger charge is -2.20. The Kier molecular flexibility index (Phi) is 4.07. The number of aliphatic hydroxyl groups excluding tert-OH is 1. The zero-order valence-corrected chi connectivity index (χ0v) is 10.5. The second kappa shape index (κ2) is 4.95. The van der Waals surface area contributed by atoms with Crippen LogP contribution in [0.3, 0.4) is 0 Å². The number of hydrogen-bond acceptors (Lipinski definition) is 4. The molecule has 0 saturated carbocycles. The molecule has 1 heterocycles. The average molecular weight is 243 g/mol. The highest BCUT2D eigenvalue weighted by Crippen LogP contribution is 2.20. The molecule has 16 heavy (non-hydrogen) atoms.